The van der Waals surface area contributed by atoms with E-state index in [1.165, 1.54) is 0 Å². The van der Waals surface area contributed by atoms with E-state index in [-0.39, 0.29) is 12.6 Å². The number of amides is 2. The van der Waals surface area contributed by atoms with Crippen LogP contribution in [0, 0.1) is 12.8 Å². The molecule has 1 unspecified atom stereocenters. The zero-order chi connectivity index (χ0) is 17.3. The van der Waals surface area contributed by atoms with E-state index in [1.54, 1.807) is 10.7 Å². The van der Waals surface area contributed by atoms with Crippen molar-refractivity contribution in [3.8, 4) is 5.69 Å². The molecule has 1 aromatic heterocycles. The van der Waals surface area contributed by atoms with Gasteiger partial charge in [0, 0.05) is 11.8 Å². The third-order valence-electron chi connectivity index (χ3n) is 4.43. The Labute approximate surface area is 145 Å². The van der Waals surface area contributed by atoms with Gasteiger partial charge in [0.25, 0.3) is 0 Å². The molecule has 24 heavy (non-hydrogen) atoms. The van der Waals surface area contributed by atoms with E-state index in [9.17, 15) is 9.90 Å². The second-order valence-corrected chi connectivity index (χ2v) is 6.89. The Balaban J connectivity index is 1.74. The summed E-state index contributed by atoms with van der Waals surface area (Å²) >= 11 is 6.19. The number of nitrogens with zero attached hydrogens (tertiary/aromatic N) is 2. The molecule has 0 aliphatic heterocycles. The highest BCUT2D eigenvalue weighted by Gasteiger charge is 2.42. The van der Waals surface area contributed by atoms with Gasteiger partial charge >= 0.3 is 6.03 Å². The van der Waals surface area contributed by atoms with Crippen LogP contribution in [0.1, 0.15) is 25.3 Å². The van der Waals surface area contributed by atoms with Crippen molar-refractivity contribution in [1.29, 1.82) is 0 Å². The average molecular weight is 349 g/mol. The van der Waals surface area contributed by atoms with Gasteiger partial charge in [-0.3, -0.25) is 5.32 Å². The molecule has 1 aliphatic carbocycles. The van der Waals surface area contributed by atoms with Crippen LogP contribution < -0.4 is 10.6 Å². The van der Waals surface area contributed by atoms with Crippen molar-refractivity contribution >= 4 is 23.4 Å². The van der Waals surface area contributed by atoms with Gasteiger partial charge in [-0.1, -0.05) is 23.7 Å². The average Bonchev–Trinajstić information content (AvgIpc) is 3.34. The molecular weight excluding hydrogens is 328 g/mol. The van der Waals surface area contributed by atoms with Crippen LogP contribution in [0.3, 0.4) is 0 Å². The number of aliphatic hydroxyl groups excluding tert-OH is 1. The molecule has 3 rings (SSSR count). The molecule has 7 heteroatoms. The largest absolute Gasteiger partial charge is 0.394 e. The zero-order valence-corrected chi connectivity index (χ0v) is 14.5. The topological polar surface area (TPSA) is 79.2 Å². The summed E-state index contributed by atoms with van der Waals surface area (Å²) in [5.74, 6) is 0.790. The summed E-state index contributed by atoms with van der Waals surface area (Å²) in [4.78, 5) is 12.3. The third-order valence-corrected chi connectivity index (χ3v) is 4.75. The van der Waals surface area contributed by atoms with Gasteiger partial charge in [-0.2, -0.15) is 0 Å². The number of aryl methyl sites for hydroxylation is 1. The van der Waals surface area contributed by atoms with Crippen LogP contribution >= 0.6 is 11.6 Å². The minimum Gasteiger partial charge on any atom is -0.394 e. The predicted molar refractivity (Wildman–Crippen MR) is 93.7 cm³/mol. The molecule has 1 heterocycles. The number of hydrogen-bond donors (Lipinski definition) is 3. The highest BCUT2D eigenvalue weighted by Crippen LogP contribution is 2.39. The number of aromatic nitrogens is 2. The molecule has 128 valence electrons. The van der Waals surface area contributed by atoms with Crippen molar-refractivity contribution in [2.24, 2.45) is 5.92 Å². The second kappa shape index (κ2) is 6.45. The Bertz CT molecular complexity index is 757. The molecule has 2 amide bonds. The van der Waals surface area contributed by atoms with E-state index in [0.717, 1.165) is 24.1 Å². The molecule has 0 saturated heterocycles. The highest BCUT2D eigenvalue weighted by atomic mass is 35.5. The number of carbonyl (C=O) groups excluding carboxylic acids is 1. The Kier molecular flexibility index (Phi) is 4.51. The number of anilines is 1. The lowest BCUT2D eigenvalue weighted by molar-refractivity contribution is 0.159. The number of aliphatic hydroxyl groups is 1. The van der Waals surface area contributed by atoms with Crippen LogP contribution in [0.5, 0.6) is 0 Å². The highest BCUT2D eigenvalue weighted by molar-refractivity contribution is 6.32. The van der Waals surface area contributed by atoms with Gasteiger partial charge in [0.2, 0.25) is 0 Å². The van der Waals surface area contributed by atoms with E-state index in [1.807, 2.05) is 38.2 Å². The molecule has 3 N–H and O–H groups in total. The number of benzene rings is 1. The maximum atomic E-state index is 12.3. The fourth-order valence-corrected chi connectivity index (χ4v) is 2.96. The molecule has 1 atom stereocenters. The standard InChI is InChI=1S/C17H21ClN4O2/c1-11-9-22(14-6-4-3-5-13(14)18)21-15(11)19-16(24)20-17(2,10-23)12-7-8-12/h3-6,9,12,23H,7-8,10H2,1-2H3,(H2,19,20,21,24). The van der Waals surface area contributed by atoms with E-state index < -0.39 is 5.54 Å². The van der Waals surface area contributed by atoms with E-state index in [0.29, 0.717) is 16.8 Å². The molecule has 0 radical (unpaired) electrons. The summed E-state index contributed by atoms with van der Waals surface area (Å²) in [6.45, 7) is 3.64. The number of urea groups is 1. The molecule has 0 spiro atoms. The molecule has 1 fully saturated rings. The van der Waals surface area contributed by atoms with Gasteiger partial charge in [-0.05, 0) is 44.7 Å². The zero-order valence-electron chi connectivity index (χ0n) is 13.7. The van der Waals surface area contributed by atoms with Gasteiger partial charge in [0.05, 0.1) is 22.9 Å². The second-order valence-electron chi connectivity index (χ2n) is 6.49. The minimum absolute atomic E-state index is 0.0852. The van der Waals surface area contributed by atoms with Crippen LogP contribution in [0.2, 0.25) is 5.02 Å². The lowest BCUT2D eigenvalue weighted by Crippen LogP contribution is -2.52. The number of rotatable bonds is 5. The molecule has 1 aliphatic rings. The summed E-state index contributed by atoms with van der Waals surface area (Å²) in [6, 6.07) is 7.00. The summed E-state index contributed by atoms with van der Waals surface area (Å²) < 4.78 is 1.64. The van der Waals surface area contributed by atoms with E-state index >= 15 is 0 Å². The maximum absolute atomic E-state index is 12.3. The minimum atomic E-state index is -0.594. The number of carbonyl (C=O) groups is 1. The lowest BCUT2D eigenvalue weighted by Gasteiger charge is -2.28. The van der Waals surface area contributed by atoms with Crippen molar-refractivity contribution in [3.63, 3.8) is 0 Å². The van der Waals surface area contributed by atoms with E-state index in [2.05, 4.69) is 15.7 Å². The van der Waals surface area contributed by atoms with Crippen LogP contribution in [-0.2, 0) is 0 Å². The van der Waals surface area contributed by atoms with Gasteiger partial charge in [0.1, 0.15) is 0 Å². The van der Waals surface area contributed by atoms with Crippen LogP contribution in [-0.4, -0.2) is 33.1 Å². The first kappa shape index (κ1) is 16.8. The monoisotopic (exact) mass is 348 g/mol. The normalized spacial score (nSPS) is 16.5. The molecule has 0 bridgehead atoms. The third kappa shape index (κ3) is 3.39. The molecule has 1 aromatic carbocycles. The van der Waals surface area contributed by atoms with Crippen molar-refractivity contribution in [1.82, 2.24) is 15.1 Å². The van der Waals surface area contributed by atoms with Gasteiger partial charge in [-0.15, -0.1) is 5.10 Å². The van der Waals surface area contributed by atoms with Crippen LogP contribution in [0.25, 0.3) is 5.69 Å². The van der Waals surface area contributed by atoms with Crippen molar-refractivity contribution < 1.29 is 9.90 Å². The van der Waals surface area contributed by atoms with Crippen LogP contribution in [0.15, 0.2) is 30.5 Å². The summed E-state index contributed by atoms with van der Waals surface area (Å²) in [7, 11) is 0. The maximum Gasteiger partial charge on any atom is 0.320 e. The number of para-hydroxylation sites is 1. The summed E-state index contributed by atoms with van der Waals surface area (Å²) in [6.07, 6.45) is 3.86. The van der Waals surface area contributed by atoms with Crippen molar-refractivity contribution in [3.05, 3.63) is 41.0 Å². The van der Waals surface area contributed by atoms with Gasteiger partial charge in [0.15, 0.2) is 5.82 Å². The molecule has 2 aromatic rings. The fraction of sp³-hybridized carbons (Fsp3) is 0.412. The summed E-state index contributed by atoms with van der Waals surface area (Å²) in [5.41, 5.74) is 0.972. The first-order valence-electron chi connectivity index (χ1n) is 7.94. The van der Waals surface area contributed by atoms with Crippen LogP contribution in [0.4, 0.5) is 10.6 Å². The van der Waals surface area contributed by atoms with Gasteiger partial charge in [-0.25, -0.2) is 9.48 Å². The Morgan fingerprint density at radius 2 is 2.17 bits per heavy atom. The van der Waals surface area contributed by atoms with E-state index in [4.69, 9.17) is 11.6 Å². The SMILES string of the molecule is Cc1cn(-c2ccccc2Cl)nc1NC(=O)NC(C)(CO)C1CC1. The quantitative estimate of drug-likeness (QED) is 0.776. The number of halogens is 1. The van der Waals surface area contributed by atoms with Crippen molar-refractivity contribution in [2.75, 3.05) is 11.9 Å². The lowest BCUT2D eigenvalue weighted by atomic mass is 9.97. The summed E-state index contributed by atoms with van der Waals surface area (Å²) in [5, 5.41) is 20.2. The fourth-order valence-electron chi connectivity index (χ4n) is 2.73. The first-order valence-corrected chi connectivity index (χ1v) is 8.32. The smallest absolute Gasteiger partial charge is 0.320 e. The Morgan fingerprint density at radius 1 is 1.46 bits per heavy atom. The van der Waals surface area contributed by atoms with Crippen molar-refractivity contribution in [2.45, 2.75) is 32.2 Å². The Hall–Kier alpha value is -2.05. The number of nitrogens with one attached hydrogen (secondary N) is 2. The molecular formula is C17H21ClN4O2. The first-order chi connectivity index (χ1) is 11.4. The molecule has 1 saturated carbocycles. The molecule has 6 nitrogen and oxygen atoms in total. The number of hydrogen-bond acceptors (Lipinski definition) is 3. The Morgan fingerprint density at radius 3 is 2.79 bits per heavy atom. The van der Waals surface area contributed by atoms with Gasteiger partial charge < -0.3 is 10.4 Å². The predicted octanol–water partition coefficient (Wildman–Crippen LogP) is 3.12.